The van der Waals surface area contributed by atoms with Crippen LogP contribution in [0, 0.1) is 0 Å². The van der Waals surface area contributed by atoms with E-state index in [1.807, 2.05) is 6.07 Å². The minimum absolute atomic E-state index is 0.893. The van der Waals surface area contributed by atoms with Gasteiger partial charge < -0.3 is 10.6 Å². The minimum Gasteiger partial charge on any atom is -0.399 e. The van der Waals surface area contributed by atoms with Crippen LogP contribution < -0.4 is 10.6 Å². The van der Waals surface area contributed by atoms with Crippen molar-refractivity contribution >= 4 is 11.4 Å². The zero-order valence-corrected chi connectivity index (χ0v) is 9.50. The molecular formula is C13H20N2. The number of nitrogen functional groups attached to an aromatic ring is 1. The van der Waals surface area contributed by atoms with Crippen LogP contribution in [0.3, 0.4) is 0 Å². The normalized spacial score (nSPS) is 14.3. The average molecular weight is 204 g/mol. The Kier molecular flexibility index (Phi) is 3.14. The monoisotopic (exact) mass is 204 g/mol. The van der Waals surface area contributed by atoms with Gasteiger partial charge in [0.05, 0.1) is 0 Å². The maximum atomic E-state index is 5.78. The summed E-state index contributed by atoms with van der Waals surface area (Å²) in [6.45, 7) is 4.62. The number of hydrogen-bond acceptors (Lipinski definition) is 2. The van der Waals surface area contributed by atoms with Gasteiger partial charge in [-0.25, -0.2) is 0 Å². The van der Waals surface area contributed by atoms with Crippen molar-refractivity contribution in [1.29, 1.82) is 0 Å². The first-order valence-corrected chi connectivity index (χ1v) is 5.94. The molecule has 0 aromatic heterocycles. The number of benzene rings is 1. The zero-order valence-electron chi connectivity index (χ0n) is 9.50. The van der Waals surface area contributed by atoms with Gasteiger partial charge in [-0.15, -0.1) is 0 Å². The first-order chi connectivity index (χ1) is 7.31. The standard InChI is InChI=1S/C13H20N2/c1-2-3-4-8-15-9-7-11-10-12(14)5-6-13(11)15/h5-6,10H,2-4,7-9,14H2,1H3. The summed E-state index contributed by atoms with van der Waals surface area (Å²) in [5, 5.41) is 0. The molecule has 0 bridgehead atoms. The van der Waals surface area contributed by atoms with Crippen LogP contribution in [-0.4, -0.2) is 13.1 Å². The first-order valence-electron chi connectivity index (χ1n) is 5.94. The average Bonchev–Trinajstić information content (AvgIpc) is 2.61. The Morgan fingerprint density at radius 3 is 3.00 bits per heavy atom. The van der Waals surface area contributed by atoms with Crippen LogP contribution in [-0.2, 0) is 6.42 Å². The van der Waals surface area contributed by atoms with E-state index >= 15 is 0 Å². The summed E-state index contributed by atoms with van der Waals surface area (Å²) in [5.74, 6) is 0. The van der Waals surface area contributed by atoms with Crippen LogP contribution in [0.2, 0.25) is 0 Å². The number of unbranched alkanes of at least 4 members (excludes halogenated alkanes) is 2. The molecule has 0 amide bonds. The van der Waals surface area contributed by atoms with Gasteiger partial charge in [0.2, 0.25) is 0 Å². The van der Waals surface area contributed by atoms with E-state index in [1.165, 1.54) is 43.6 Å². The van der Waals surface area contributed by atoms with E-state index in [4.69, 9.17) is 5.73 Å². The molecule has 82 valence electrons. The second kappa shape index (κ2) is 4.56. The molecule has 0 saturated carbocycles. The van der Waals surface area contributed by atoms with E-state index in [0.717, 1.165) is 12.1 Å². The lowest BCUT2D eigenvalue weighted by Crippen LogP contribution is -2.21. The third kappa shape index (κ3) is 2.25. The summed E-state index contributed by atoms with van der Waals surface area (Å²) in [6, 6.07) is 6.30. The minimum atomic E-state index is 0.893. The second-order valence-electron chi connectivity index (χ2n) is 4.33. The molecule has 0 spiro atoms. The van der Waals surface area contributed by atoms with Crippen molar-refractivity contribution in [2.45, 2.75) is 32.6 Å². The molecule has 1 aromatic carbocycles. The summed E-state index contributed by atoms with van der Waals surface area (Å²) in [7, 11) is 0. The fourth-order valence-electron chi connectivity index (χ4n) is 2.27. The topological polar surface area (TPSA) is 29.3 Å². The molecule has 2 nitrogen and oxygen atoms in total. The lowest BCUT2D eigenvalue weighted by molar-refractivity contribution is 0.688. The number of rotatable bonds is 4. The molecule has 0 saturated heterocycles. The Morgan fingerprint density at radius 1 is 1.33 bits per heavy atom. The van der Waals surface area contributed by atoms with Crippen LogP contribution in [0.5, 0.6) is 0 Å². The zero-order chi connectivity index (χ0) is 10.7. The summed E-state index contributed by atoms with van der Waals surface area (Å²) >= 11 is 0. The Morgan fingerprint density at radius 2 is 2.20 bits per heavy atom. The highest BCUT2D eigenvalue weighted by atomic mass is 15.1. The Hall–Kier alpha value is -1.18. The van der Waals surface area contributed by atoms with Crippen molar-refractivity contribution in [2.24, 2.45) is 0 Å². The maximum absolute atomic E-state index is 5.78. The van der Waals surface area contributed by atoms with Crippen LogP contribution >= 0.6 is 0 Å². The van der Waals surface area contributed by atoms with Gasteiger partial charge in [0, 0.05) is 24.5 Å². The van der Waals surface area contributed by atoms with Crippen molar-refractivity contribution in [3.63, 3.8) is 0 Å². The third-order valence-electron chi connectivity index (χ3n) is 3.13. The van der Waals surface area contributed by atoms with Crippen LogP contribution in [0.4, 0.5) is 11.4 Å². The molecule has 2 N–H and O–H groups in total. The van der Waals surface area contributed by atoms with E-state index in [1.54, 1.807) is 0 Å². The second-order valence-corrected chi connectivity index (χ2v) is 4.33. The summed E-state index contributed by atoms with van der Waals surface area (Å²) < 4.78 is 0. The predicted molar refractivity (Wildman–Crippen MR) is 66.3 cm³/mol. The summed E-state index contributed by atoms with van der Waals surface area (Å²) in [5.41, 5.74) is 9.50. The molecule has 1 heterocycles. The van der Waals surface area contributed by atoms with Gasteiger partial charge >= 0.3 is 0 Å². The summed E-state index contributed by atoms with van der Waals surface area (Å²) in [6.07, 6.45) is 5.09. The Balaban J connectivity index is 2.02. The molecule has 0 aliphatic carbocycles. The number of nitrogens with zero attached hydrogens (tertiary/aromatic N) is 1. The van der Waals surface area contributed by atoms with Gasteiger partial charge in [-0.1, -0.05) is 19.8 Å². The molecule has 2 heteroatoms. The van der Waals surface area contributed by atoms with Crippen LogP contribution in [0.15, 0.2) is 18.2 Å². The van der Waals surface area contributed by atoms with Gasteiger partial charge in [0.1, 0.15) is 0 Å². The Labute approximate surface area is 92.1 Å². The van der Waals surface area contributed by atoms with E-state index in [-0.39, 0.29) is 0 Å². The van der Waals surface area contributed by atoms with Crippen molar-refractivity contribution in [1.82, 2.24) is 0 Å². The lowest BCUT2D eigenvalue weighted by atomic mass is 10.1. The molecule has 15 heavy (non-hydrogen) atoms. The quantitative estimate of drug-likeness (QED) is 0.603. The van der Waals surface area contributed by atoms with Gasteiger partial charge in [0.25, 0.3) is 0 Å². The van der Waals surface area contributed by atoms with Crippen LogP contribution in [0.1, 0.15) is 31.7 Å². The van der Waals surface area contributed by atoms with E-state index in [2.05, 4.69) is 24.0 Å². The Bertz CT molecular complexity index is 333. The summed E-state index contributed by atoms with van der Waals surface area (Å²) in [4.78, 5) is 2.49. The highest BCUT2D eigenvalue weighted by Gasteiger charge is 2.17. The van der Waals surface area contributed by atoms with E-state index < -0.39 is 0 Å². The molecule has 0 atom stereocenters. The highest BCUT2D eigenvalue weighted by molar-refractivity contribution is 5.62. The van der Waals surface area contributed by atoms with Gasteiger partial charge in [-0.2, -0.15) is 0 Å². The van der Waals surface area contributed by atoms with Gasteiger partial charge in [-0.05, 0) is 36.6 Å². The fraction of sp³-hybridized carbons (Fsp3) is 0.538. The molecule has 1 aromatic rings. The third-order valence-corrected chi connectivity index (χ3v) is 3.13. The molecular weight excluding hydrogens is 184 g/mol. The highest BCUT2D eigenvalue weighted by Crippen LogP contribution is 2.29. The number of anilines is 2. The van der Waals surface area contributed by atoms with E-state index in [0.29, 0.717) is 0 Å². The maximum Gasteiger partial charge on any atom is 0.0401 e. The van der Waals surface area contributed by atoms with Crippen molar-refractivity contribution in [3.05, 3.63) is 23.8 Å². The number of fused-ring (bicyclic) bond motifs is 1. The van der Waals surface area contributed by atoms with Gasteiger partial charge in [0.15, 0.2) is 0 Å². The predicted octanol–water partition coefficient (Wildman–Crippen LogP) is 2.82. The van der Waals surface area contributed by atoms with Crippen molar-refractivity contribution in [3.8, 4) is 0 Å². The van der Waals surface area contributed by atoms with Gasteiger partial charge in [-0.3, -0.25) is 0 Å². The van der Waals surface area contributed by atoms with Crippen molar-refractivity contribution < 1.29 is 0 Å². The molecule has 1 aliphatic heterocycles. The molecule has 1 aliphatic rings. The molecule has 2 rings (SSSR count). The number of hydrogen-bond donors (Lipinski definition) is 1. The number of nitrogens with two attached hydrogens (primary N) is 1. The van der Waals surface area contributed by atoms with E-state index in [9.17, 15) is 0 Å². The lowest BCUT2D eigenvalue weighted by Gasteiger charge is -2.19. The SMILES string of the molecule is CCCCCN1CCc2cc(N)ccc21. The smallest absolute Gasteiger partial charge is 0.0401 e. The van der Waals surface area contributed by atoms with Crippen LogP contribution in [0.25, 0.3) is 0 Å². The first kappa shape index (κ1) is 10.3. The van der Waals surface area contributed by atoms with Crippen molar-refractivity contribution in [2.75, 3.05) is 23.7 Å². The molecule has 0 unspecified atom stereocenters. The fourth-order valence-corrected chi connectivity index (χ4v) is 2.27. The molecule has 0 radical (unpaired) electrons. The largest absolute Gasteiger partial charge is 0.399 e. The molecule has 0 fully saturated rings.